The second kappa shape index (κ2) is 6.93. The van der Waals surface area contributed by atoms with Crippen molar-refractivity contribution >= 4 is 12.1 Å². The molecular weight excluding hydrogens is 256 g/mol. The maximum absolute atomic E-state index is 11.4. The van der Waals surface area contributed by atoms with Gasteiger partial charge in [-0.2, -0.15) is 0 Å². The maximum atomic E-state index is 11.4. The first-order valence-electron chi connectivity index (χ1n) is 6.86. The number of para-hydroxylation sites is 1. The molecule has 1 aliphatic rings. The first-order chi connectivity index (χ1) is 9.72. The molecule has 1 fully saturated rings. The van der Waals surface area contributed by atoms with E-state index in [0.29, 0.717) is 24.3 Å². The van der Waals surface area contributed by atoms with Crippen molar-refractivity contribution in [2.75, 3.05) is 26.7 Å². The molecule has 1 aromatic carbocycles. The quantitative estimate of drug-likeness (QED) is 0.637. The molecule has 20 heavy (non-hydrogen) atoms. The van der Waals surface area contributed by atoms with Gasteiger partial charge in [0.15, 0.2) is 11.5 Å². The van der Waals surface area contributed by atoms with Crippen molar-refractivity contribution < 1.29 is 14.6 Å². The smallest absolute Gasteiger partial charge is 0.222 e. The van der Waals surface area contributed by atoms with Gasteiger partial charge in [-0.3, -0.25) is 9.79 Å². The number of phenolic OH excluding ortho intramolecular Hbond substituents is 1. The van der Waals surface area contributed by atoms with E-state index in [1.165, 1.54) is 7.11 Å². The number of likely N-dealkylation sites (tertiary alicyclic amines) is 1. The van der Waals surface area contributed by atoms with Crippen LogP contribution in [0.15, 0.2) is 23.2 Å². The van der Waals surface area contributed by atoms with E-state index in [1.54, 1.807) is 18.3 Å². The molecule has 1 amide bonds. The molecule has 0 spiro atoms. The summed E-state index contributed by atoms with van der Waals surface area (Å²) in [7, 11) is 1.52. The van der Waals surface area contributed by atoms with Gasteiger partial charge in [-0.25, -0.2) is 0 Å². The number of aromatic hydroxyl groups is 1. The lowest BCUT2D eigenvalue weighted by atomic mass is 10.2. The molecular formula is C15H20N2O3. The van der Waals surface area contributed by atoms with Crippen LogP contribution in [0.25, 0.3) is 0 Å². The SMILES string of the molecule is COc1cccc(C=NCCCN2CCCC2=O)c1O. The molecule has 1 heterocycles. The number of rotatable bonds is 6. The number of hydrogen-bond donors (Lipinski definition) is 1. The van der Waals surface area contributed by atoms with E-state index in [4.69, 9.17) is 4.74 Å². The van der Waals surface area contributed by atoms with Crippen LogP contribution in [-0.2, 0) is 4.79 Å². The Hall–Kier alpha value is -2.04. The van der Waals surface area contributed by atoms with Gasteiger partial charge in [-0.05, 0) is 25.0 Å². The van der Waals surface area contributed by atoms with Crippen LogP contribution in [-0.4, -0.2) is 48.9 Å². The molecule has 5 heteroatoms. The molecule has 5 nitrogen and oxygen atoms in total. The van der Waals surface area contributed by atoms with Gasteiger partial charge in [0.2, 0.25) is 5.91 Å². The number of ether oxygens (including phenoxy) is 1. The van der Waals surface area contributed by atoms with Crippen LogP contribution in [0.2, 0.25) is 0 Å². The van der Waals surface area contributed by atoms with Crippen molar-refractivity contribution in [1.82, 2.24) is 4.90 Å². The van der Waals surface area contributed by atoms with Gasteiger partial charge in [-0.1, -0.05) is 6.07 Å². The fraction of sp³-hybridized carbons (Fsp3) is 0.467. The zero-order valence-corrected chi connectivity index (χ0v) is 11.7. The molecule has 0 saturated carbocycles. The number of carbonyl (C=O) groups excluding carboxylic acids is 1. The molecule has 0 aliphatic carbocycles. The minimum absolute atomic E-state index is 0.105. The Labute approximate surface area is 118 Å². The third-order valence-corrected chi connectivity index (χ3v) is 3.37. The molecule has 108 valence electrons. The standard InChI is InChI=1S/C15H20N2O3/c1-20-13-6-2-5-12(15(13)19)11-16-8-4-10-17-9-3-7-14(17)18/h2,5-6,11,19H,3-4,7-10H2,1H3. The Kier molecular flexibility index (Phi) is 4.98. The van der Waals surface area contributed by atoms with Crippen molar-refractivity contribution in [2.45, 2.75) is 19.3 Å². The van der Waals surface area contributed by atoms with E-state index in [9.17, 15) is 9.90 Å². The van der Waals surface area contributed by atoms with Gasteiger partial charge in [0, 0.05) is 37.8 Å². The molecule has 1 N–H and O–H groups in total. The fourth-order valence-corrected chi connectivity index (χ4v) is 2.26. The molecule has 0 radical (unpaired) electrons. The number of nitrogens with zero attached hydrogens (tertiary/aromatic N) is 2. The minimum atomic E-state index is 0.105. The lowest BCUT2D eigenvalue weighted by Crippen LogP contribution is -2.26. The monoisotopic (exact) mass is 276 g/mol. The van der Waals surface area contributed by atoms with Crippen molar-refractivity contribution in [3.8, 4) is 11.5 Å². The van der Waals surface area contributed by atoms with Crippen molar-refractivity contribution in [3.05, 3.63) is 23.8 Å². The van der Waals surface area contributed by atoms with E-state index in [1.807, 2.05) is 11.0 Å². The summed E-state index contributed by atoms with van der Waals surface area (Å²) >= 11 is 0. The average molecular weight is 276 g/mol. The lowest BCUT2D eigenvalue weighted by molar-refractivity contribution is -0.127. The zero-order chi connectivity index (χ0) is 14.4. The molecule has 1 aliphatic heterocycles. The van der Waals surface area contributed by atoms with Crippen LogP contribution in [0.5, 0.6) is 11.5 Å². The Morgan fingerprint density at radius 3 is 3.05 bits per heavy atom. The lowest BCUT2D eigenvalue weighted by Gasteiger charge is -2.13. The van der Waals surface area contributed by atoms with Crippen molar-refractivity contribution in [1.29, 1.82) is 0 Å². The minimum Gasteiger partial charge on any atom is -0.504 e. The molecule has 0 atom stereocenters. The molecule has 0 unspecified atom stereocenters. The highest BCUT2D eigenvalue weighted by molar-refractivity contribution is 5.84. The van der Waals surface area contributed by atoms with E-state index >= 15 is 0 Å². The number of hydrogen-bond acceptors (Lipinski definition) is 4. The highest BCUT2D eigenvalue weighted by Crippen LogP contribution is 2.27. The third kappa shape index (κ3) is 3.50. The first-order valence-corrected chi connectivity index (χ1v) is 6.86. The summed E-state index contributed by atoms with van der Waals surface area (Å²) in [5.41, 5.74) is 0.640. The molecule has 1 aromatic rings. The Morgan fingerprint density at radius 2 is 2.35 bits per heavy atom. The van der Waals surface area contributed by atoms with Gasteiger partial charge >= 0.3 is 0 Å². The maximum Gasteiger partial charge on any atom is 0.222 e. The fourth-order valence-electron chi connectivity index (χ4n) is 2.26. The summed E-state index contributed by atoms with van der Waals surface area (Å²) in [6.45, 7) is 2.28. The number of methoxy groups -OCH3 is 1. The van der Waals surface area contributed by atoms with E-state index in [0.717, 1.165) is 25.9 Å². The number of amides is 1. The van der Waals surface area contributed by atoms with Crippen LogP contribution in [0.4, 0.5) is 0 Å². The van der Waals surface area contributed by atoms with Crippen LogP contribution < -0.4 is 4.74 Å². The van der Waals surface area contributed by atoms with Gasteiger partial charge in [0.25, 0.3) is 0 Å². The van der Waals surface area contributed by atoms with E-state index in [2.05, 4.69) is 4.99 Å². The van der Waals surface area contributed by atoms with Gasteiger partial charge in [0.05, 0.1) is 7.11 Å². The van der Waals surface area contributed by atoms with Crippen LogP contribution in [0.3, 0.4) is 0 Å². The number of phenols is 1. The normalized spacial score (nSPS) is 15.2. The first kappa shape index (κ1) is 14.4. The highest BCUT2D eigenvalue weighted by Gasteiger charge is 2.18. The predicted octanol–water partition coefficient (Wildman–Crippen LogP) is 1.83. The second-order valence-corrected chi connectivity index (χ2v) is 4.77. The summed E-state index contributed by atoms with van der Waals surface area (Å²) < 4.78 is 5.04. The summed E-state index contributed by atoms with van der Waals surface area (Å²) in [4.78, 5) is 17.6. The Balaban J connectivity index is 1.80. The van der Waals surface area contributed by atoms with Crippen LogP contribution >= 0.6 is 0 Å². The van der Waals surface area contributed by atoms with Crippen molar-refractivity contribution in [2.24, 2.45) is 4.99 Å². The number of benzene rings is 1. The van der Waals surface area contributed by atoms with Crippen LogP contribution in [0.1, 0.15) is 24.8 Å². The molecule has 0 bridgehead atoms. The summed E-state index contributed by atoms with van der Waals surface area (Å²) in [6, 6.07) is 5.29. The van der Waals surface area contributed by atoms with E-state index < -0.39 is 0 Å². The average Bonchev–Trinajstić information content (AvgIpc) is 2.86. The number of aliphatic imine (C=N–C) groups is 1. The molecule has 1 saturated heterocycles. The zero-order valence-electron chi connectivity index (χ0n) is 11.7. The molecule has 2 rings (SSSR count). The summed E-state index contributed by atoms with van der Waals surface area (Å²) in [6.07, 6.45) is 4.14. The van der Waals surface area contributed by atoms with Gasteiger partial charge in [-0.15, -0.1) is 0 Å². The summed E-state index contributed by atoms with van der Waals surface area (Å²) in [5, 5.41) is 9.88. The number of carbonyl (C=O) groups is 1. The topological polar surface area (TPSA) is 62.1 Å². The van der Waals surface area contributed by atoms with Gasteiger partial charge < -0.3 is 14.7 Å². The van der Waals surface area contributed by atoms with Crippen molar-refractivity contribution in [3.63, 3.8) is 0 Å². The third-order valence-electron chi connectivity index (χ3n) is 3.37. The largest absolute Gasteiger partial charge is 0.504 e. The Bertz CT molecular complexity index is 500. The van der Waals surface area contributed by atoms with Gasteiger partial charge in [0.1, 0.15) is 0 Å². The Morgan fingerprint density at radius 1 is 1.50 bits per heavy atom. The predicted molar refractivity (Wildman–Crippen MR) is 77.6 cm³/mol. The highest BCUT2D eigenvalue weighted by atomic mass is 16.5. The van der Waals surface area contributed by atoms with E-state index in [-0.39, 0.29) is 11.7 Å². The summed E-state index contributed by atoms with van der Waals surface area (Å²) in [5.74, 6) is 0.796. The second-order valence-electron chi connectivity index (χ2n) is 4.77. The molecule has 0 aromatic heterocycles. The van der Waals surface area contributed by atoms with Crippen LogP contribution in [0, 0.1) is 0 Å².